The number of hydrogen-bond acceptors (Lipinski definition) is 3. The Morgan fingerprint density at radius 1 is 1.54 bits per heavy atom. The van der Waals surface area contributed by atoms with Crippen molar-refractivity contribution in [2.24, 2.45) is 5.92 Å². The Morgan fingerprint density at radius 2 is 2.38 bits per heavy atom. The van der Waals surface area contributed by atoms with Crippen LogP contribution in [-0.4, -0.2) is 18.2 Å². The fourth-order valence-corrected chi connectivity index (χ4v) is 1.80. The number of nitrogens with one attached hydrogen (secondary N) is 1. The summed E-state index contributed by atoms with van der Waals surface area (Å²) in [4.78, 5) is 0. The van der Waals surface area contributed by atoms with Crippen molar-refractivity contribution in [1.82, 2.24) is 10.5 Å². The van der Waals surface area contributed by atoms with Gasteiger partial charge in [0, 0.05) is 12.0 Å². The first-order chi connectivity index (χ1) is 6.27. The second-order valence-corrected chi connectivity index (χ2v) is 3.88. The molecule has 1 saturated heterocycles. The van der Waals surface area contributed by atoms with Crippen LogP contribution in [0.25, 0.3) is 0 Å². The van der Waals surface area contributed by atoms with Gasteiger partial charge in [-0.2, -0.15) is 0 Å². The quantitative estimate of drug-likeness (QED) is 0.748. The van der Waals surface area contributed by atoms with Crippen molar-refractivity contribution in [2.75, 3.05) is 13.1 Å². The molecule has 0 bridgehead atoms. The standard InChI is InChI=1S/C10H16N2O/c1-7-8(2)12-13-10(7)5-9-3-4-11-6-9/h9,11H,3-6H2,1-2H3. The molecule has 72 valence electrons. The summed E-state index contributed by atoms with van der Waals surface area (Å²) in [6.45, 7) is 6.36. The number of nitrogens with zero attached hydrogens (tertiary/aromatic N) is 1. The van der Waals surface area contributed by atoms with E-state index in [1.54, 1.807) is 0 Å². The number of rotatable bonds is 2. The molecule has 1 aromatic heterocycles. The minimum Gasteiger partial charge on any atom is -0.361 e. The summed E-state index contributed by atoms with van der Waals surface area (Å²) in [7, 11) is 0. The van der Waals surface area contributed by atoms with Gasteiger partial charge in [0.05, 0.1) is 5.69 Å². The topological polar surface area (TPSA) is 38.1 Å². The molecule has 1 fully saturated rings. The van der Waals surface area contributed by atoms with Crippen molar-refractivity contribution in [3.05, 3.63) is 17.0 Å². The summed E-state index contributed by atoms with van der Waals surface area (Å²) in [5.41, 5.74) is 2.26. The Morgan fingerprint density at radius 3 is 2.92 bits per heavy atom. The Balaban J connectivity index is 2.04. The second-order valence-electron chi connectivity index (χ2n) is 3.88. The maximum absolute atomic E-state index is 5.28. The predicted octanol–water partition coefficient (Wildman–Crippen LogP) is 1.44. The molecule has 0 aromatic carbocycles. The van der Waals surface area contributed by atoms with Gasteiger partial charge < -0.3 is 9.84 Å². The van der Waals surface area contributed by atoms with E-state index in [4.69, 9.17) is 4.52 Å². The lowest BCUT2D eigenvalue weighted by Gasteiger charge is -2.04. The Kier molecular flexibility index (Phi) is 2.36. The van der Waals surface area contributed by atoms with Gasteiger partial charge in [-0.05, 0) is 39.3 Å². The van der Waals surface area contributed by atoms with Crippen molar-refractivity contribution in [3.63, 3.8) is 0 Å². The van der Waals surface area contributed by atoms with E-state index in [1.165, 1.54) is 12.0 Å². The second kappa shape index (κ2) is 3.50. The van der Waals surface area contributed by atoms with Crippen molar-refractivity contribution in [1.29, 1.82) is 0 Å². The molecule has 3 nitrogen and oxygen atoms in total. The number of hydrogen-bond donors (Lipinski definition) is 1. The van der Waals surface area contributed by atoms with Gasteiger partial charge in [0.15, 0.2) is 0 Å². The van der Waals surface area contributed by atoms with Gasteiger partial charge >= 0.3 is 0 Å². The van der Waals surface area contributed by atoms with Crippen LogP contribution < -0.4 is 5.32 Å². The summed E-state index contributed by atoms with van der Waals surface area (Å²) >= 11 is 0. The first kappa shape index (κ1) is 8.75. The highest BCUT2D eigenvalue weighted by atomic mass is 16.5. The molecule has 1 aromatic rings. The summed E-state index contributed by atoms with van der Waals surface area (Å²) < 4.78 is 5.28. The first-order valence-electron chi connectivity index (χ1n) is 4.90. The van der Waals surface area contributed by atoms with Crippen molar-refractivity contribution in [2.45, 2.75) is 26.7 Å². The molecule has 2 rings (SSSR count). The monoisotopic (exact) mass is 180 g/mol. The third kappa shape index (κ3) is 1.75. The Hall–Kier alpha value is -0.830. The highest BCUT2D eigenvalue weighted by molar-refractivity contribution is 5.20. The van der Waals surface area contributed by atoms with Crippen LogP contribution in [0, 0.1) is 19.8 Å². The lowest BCUT2D eigenvalue weighted by Crippen LogP contribution is -2.10. The molecular formula is C10H16N2O. The predicted molar refractivity (Wildman–Crippen MR) is 50.7 cm³/mol. The van der Waals surface area contributed by atoms with Gasteiger partial charge in [0.25, 0.3) is 0 Å². The van der Waals surface area contributed by atoms with Gasteiger partial charge in [-0.3, -0.25) is 0 Å². The van der Waals surface area contributed by atoms with Crippen LogP contribution in [0.4, 0.5) is 0 Å². The van der Waals surface area contributed by atoms with E-state index in [1.807, 2.05) is 6.92 Å². The van der Waals surface area contributed by atoms with Gasteiger partial charge in [0.2, 0.25) is 0 Å². The molecule has 0 aliphatic carbocycles. The van der Waals surface area contributed by atoms with Crippen molar-refractivity contribution >= 4 is 0 Å². The third-order valence-electron chi connectivity index (χ3n) is 2.89. The molecular weight excluding hydrogens is 164 g/mol. The average Bonchev–Trinajstić information content (AvgIpc) is 2.71. The summed E-state index contributed by atoms with van der Waals surface area (Å²) in [5, 5.41) is 7.32. The molecule has 1 aliphatic rings. The van der Waals surface area contributed by atoms with Crippen molar-refractivity contribution < 1.29 is 4.52 Å². The third-order valence-corrected chi connectivity index (χ3v) is 2.89. The SMILES string of the molecule is Cc1noc(CC2CCNC2)c1C. The van der Waals surface area contributed by atoms with E-state index in [9.17, 15) is 0 Å². The van der Waals surface area contributed by atoms with E-state index in [-0.39, 0.29) is 0 Å². The molecule has 0 radical (unpaired) electrons. The first-order valence-corrected chi connectivity index (χ1v) is 4.90. The van der Waals surface area contributed by atoms with E-state index in [0.717, 1.165) is 36.9 Å². The van der Waals surface area contributed by atoms with E-state index >= 15 is 0 Å². The number of aromatic nitrogens is 1. The smallest absolute Gasteiger partial charge is 0.140 e. The Bertz CT molecular complexity index is 287. The van der Waals surface area contributed by atoms with Crippen LogP contribution >= 0.6 is 0 Å². The average molecular weight is 180 g/mol. The van der Waals surface area contributed by atoms with Crippen LogP contribution in [0.5, 0.6) is 0 Å². The maximum Gasteiger partial charge on any atom is 0.140 e. The molecule has 0 spiro atoms. The maximum atomic E-state index is 5.28. The zero-order valence-electron chi connectivity index (χ0n) is 8.26. The molecule has 0 saturated carbocycles. The van der Waals surface area contributed by atoms with E-state index < -0.39 is 0 Å². The summed E-state index contributed by atoms with van der Waals surface area (Å²) in [6, 6.07) is 0. The Labute approximate surface area is 78.5 Å². The van der Waals surface area contributed by atoms with Crippen LogP contribution in [0.3, 0.4) is 0 Å². The molecule has 1 unspecified atom stereocenters. The minimum absolute atomic E-state index is 0.742. The molecule has 1 atom stereocenters. The largest absolute Gasteiger partial charge is 0.361 e. The van der Waals surface area contributed by atoms with E-state index in [0.29, 0.717) is 0 Å². The van der Waals surface area contributed by atoms with Crippen LogP contribution in [-0.2, 0) is 6.42 Å². The zero-order chi connectivity index (χ0) is 9.26. The lowest BCUT2D eigenvalue weighted by molar-refractivity contribution is 0.359. The molecule has 0 amide bonds. The van der Waals surface area contributed by atoms with Crippen LogP contribution in [0.2, 0.25) is 0 Å². The van der Waals surface area contributed by atoms with Gasteiger partial charge in [0.1, 0.15) is 5.76 Å². The fourth-order valence-electron chi connectivity index (χ4n) is 1.80. The molecule has 1 aliphatic heterocycles. The minimum atomic E-state index is 0.742. The van der Waals surface area contributed by atoms with Gasteiger partial charge in [-0.25, -0.2) is 0 Å². The van der Waals surface area contributed by atoms with Crippen LogP contribution in [0.15, 0.2) is 4.52 Å². The number of aryl methyl sites for hydroxylation is 1. The molecule has 2 heterocycles. The van der Waals surface area contributed by atoms with E-state index in [2.05, 4.69) is 17.4 Å². The normalized spacial score (nSPS) is 22.5. The van der Waals surface area contributed by atoms with Crippen LogP contribution in [0.1, 0.15) is 23.4 Å². The zero-order valence-corrected chi connectivity index (χ0v) is 8.26. The van der Waals surface area contributed by atoms with Crippen molar-refractivity contribution in [3.8, 4) is 0 Å². The van der Waals surface area contributed by atoms with Gasteiger partial charge in [-0.1, -0.05) is 5.16 Å². The summed E-state index contributed by atoms with van der Waals surface area (Å²) in [6.07, 6.45) is 2.30. The molecule has 3 heteroatoms. The highest BCUT2D eigenvalue weighted by Gasteiger charge is 2.18. The lowest BCUT2D eigenvalue weighted by atomic mass is 10.0. The molecule has 1 N–H and O–H groups in total. The summed E-state index contributed by atoms with van der Waals surface area (Å²) in [5.74, 6) is 1.82. The van der Waals surface area contributed by atoms with Gasteiger partial charge in [-0.15, -0.1) is 0 Å². The molecule has 13 heavy (non-hydrogen) atoms. The fraction of sp³-hybridized carbons (Fsp3) is 0.700. The highest BCUT2D eigenvalue weighted by Crippen LogP contribution is 2.19.